The molecule has 0 amide bonds. The largest absolute Gasteiger partial charge is 0.493 e. The normalized spacial score (nSPS) is 10.0. The van der Waals surface area contributed by atoms with Gasteiger partial charge >= 0.3 is 0 Å². The molecule has 2 rings (SSSR count). The lowest BCUT2D eigenvalue weighted by Crippen LogP contribution is -2.10. The Morgan fingerprint density at radius 2 is 1.61 bits per heavy atom. The Kier molecular flexibility index (Phi) is 5.48. The Bertz CT molecular complexity index is 732. The number of nitrogens with zero attached hydrogens (tertiary/aromatic N) is 1. The van der Waals surface area contributed by atoms with Crippen LogP contribution in [-0.4, -0.2) is 20.3 Å². The smallest absolute Gasteiger partial charge is 0.162 e. The molecule has 0 saturated heterocycles. The summed E-state index contributed by atoms with van der Waals surface area (Å²) in [7, 11) is 1.57. The molecule has 0 saturated carbocycles. The molecule has 0 aromatic heterocycles. The molecule has 2 aromatic rings. The van der Waals surface area contributed by atoms with Gasteiger partial charge in [-0.05, 0) is 55.7 Å². The lowest BCUT2D eigenvalue weighted by molar-refractivity contribution is 0.210. The van der Waals surface area contributed by atoms with Crippen LogP contribution in [0.25, 0.3) is 0 Å². The maximum atomic E-state index is 8.96. The molecule has 0 heterocycles. The van der Waals surface area contributed by atoms with Crippen LogP contribution >= 0.6 is 0 Å². The van der Waals surface area contributed by atoms with E-state index < -0.39 is 0 Å². The molecule has 0 aliphatic heterocycles. The first-order valence-corrected chi connectivity index (χ1v) is 7.46. The first-order chi connectivity index (χ1) is 11.0. The Hall–Kier alpha value is -2.67. The first-order valence-electron chi connectivity index (χ1n) is 7.46. The molecule has 4 nitrogen and oxygen atoms in total. The van der Waals surface area contributed by atoms with Crippen LogP contribution in [0.3, 0.4) is 0 Å². The van der Waals surface area contributed by atoms with Crippen LogP contribution in [0.15, 0.2) is 30.3 Å². The van der Waals surface area contributed by atoms with Crippen LogP contribution < -0.4 is 14.2 Å². The summed E-state index contributed by atoms with van der Waals surface area (Å²) in [6, 6.07) is 11.3. The number of methoxy groups -OCH3 is 1. The Labute approximate surface area is 137 Å². The van der Waals surface area contributed by atoms with Crippen molar-refractivity contribution in [2.24, 2.45) is 0 Å². The van der Waals surface area contributed by atoms with Crippen LogP contribution in [0.1, 0.15) is 22.3 Å². The summed E-state index contributed by atoms with van der Waals surface area (Å²) in [5.41, 5.74) is 4.06. The molecular formula is C19H21NO3. The van der Waals surface area contributed by atoms with E-state index >= 15 is 0 Å². The summed E-state index contributed by atoms with van der Waals surface area (Å²) in [5, 5.41) is 8.96. The summed E-state index contributed by atoms with van der Waals surface area (Å²) >= 11 is 0. The highest BCUT2D eigenvalue weighted by atomic mass is 16.5. The van der Waals surface area contributed by atoms with E-state index in [-0.39, 0.29) is 0 Å². The van der Waals surface area contributed by atoms with E-state index in [1.807, 2.05) is 19.9 Å². The van der Waals surface area contributed by atoms with E-state index in [0.717, 1.165) is 11.3 Å². The van der Waals surface area contributed by atoms with Crippen molar-refractivity contribution in [2.75, 3.05) is 20.3 Å². The summed E-state index contributed by atoms with van der Waals surface area (Å²) in [5.74, 6) is 2.03. The van der Waals surface area contributed by atoms with Crippen molar-refractivity contribution in [3.63, 3.8) is 0 Å². The van der Waals surface area contributed by atoms with E-state index in [1.54, 1.807) is 25.3 Å². The summed E-state index contributed by atoms with van der Waals surface area (Å²) in [6.07, 6.45) is 0. The average Bonchev–Trinajstić information content (AvgIpc) is 2.55. The van der Waals surface area contributed by atoms with Gasteiger partial charge in [0.1, 0.15) is 19.0 Å². The van der Waals surface area contributed by atoms with Crippen molar-refractivity contribution in [3.8, 4) is 23.3 Å². The lowest BCUT2D eigenvalue weighted by atomic mass is 10.1. The molecule has 4 heteroatoms. The molecule has 0 radical (unpaired) electrons. The minimum atomic E-state index is 0.373. The van der Waals surface area contributed by atoms with Gasteiger partial charge in [0.05, 0.1) is 18.7 Å². The number of rotatable bonds is 6. The highest BCUT2D eigenvalue weighted by Crippen LogP contribution is 2.28. The molecule has 120 valence electrons. The van der Waals surface area contributed by atoms with Gasteiger partial charge in [0.25, 0.3) is 0 Å². The Morgan fingerprint density at radius 1 is 0.913 bits per heavy atom. The number of ether oxygens (including phenoxy) is 3. The molecular weight excluding hydrogens is 290 g/mol. The van der Waals surface area contributed by atoms with Crippen LogP contribution in [0.5, 0.6) is 17.2 Å². The molecule has 0 spiro atoms. The second-order valence-corrected chi connectivity index (χ2v) is 5.38. The Morgan fingerprint density at radius 3 is 2.26 bits per heavy atom. The molecule has 0 bridgehead atoms. The lowest BCUT2D eigenvalue weighted by Gasteiger charge is -2.14. The molecule has 0 unspecified atom stereocenters. The molecule has 0 N–H and O–H groups in total. The van der Waals surface area contributed by atoms with Crippen LogP contribution in [0.2, 0.25) is 0 Å². The molecule has 0 atom stereocenters. The fourth-order valence-electron chi connectivity index (χ4n) is 2.31. The van der Waals surface area contributed by atoms with Crippen molar-refractivity contribution in [2.45, 2.75) is 20.8 Å². The predicted octanol–water partition coefficient (Wildman–Crippen LogP) is 3.95. The van der Waals surface area contributed by atoms with Gasteiger partial charge in [-0.1, -0.05) is 6.07 Å². The zero-order valence-electron chi connectivity index (χ0n) is 14.0. The third-order valence-corrected chi connectivity index (χ3v) is 3.66. The van der Waals surface area contributed by atoms with Gasteiger partial charge in [-0.15, -0.1) is 0 Å². The maximum Gasteiger partial charge on any atom is 0.162 e. The minimum absolute atomic E-state index is 0.373. The monoisotopic (exact) mass is 311 g/mol. The molecule has 0 aliphatic carbocycles. The first kappa shape index (κ1) is 16.7. The topological polar surface area (TPSA) is 51.5 Å². The van der Waals surface area contributed by atoms with Crippen LogP contribution in [-0.2, 0) is 0 Å². The minimum Gasteiger partial charge on any atom is -0.493 e. The number of aryl methyl sites for hydroxylation is 2. The summed E-state index contributed by atoms with van der Waals surface area (Å²) in [4.78, 5) is 0. The van der Waals surface area contributed by atoms with Crippen molar-refractivity contribution in [1.82, 2.24) is 0 Å². The maximum absolute atomic E-state index is 8.96. The van der Waals surface area contributed by atoms with E-state index in [4.69, 9.17) is 19.5 Å². The van der Waals surface area contributed by atoms with E-state index in [1.165, 1.54) is 11.1 Å². The molecule has 0 fully saturated rings. The second-order valence-electron chi connectivity index (χ2n) is 5.38. The predicted molar refractivity (Wildman–Crippen MR) is 89.4 cm³/mol. The highest BCUT2D eigenvalue weighted by molar-refractivity contribution is 5.46. The summed E-state index contributed by atoms with van der Waals surface area (Å²) < 4.78 is 16.7. The fourth-order valence-corrected chi connectivity index (χ4v) is 2.31. The van der Waals surface area contributed by atoms with Gasteiger partial charge in [0.15, 0.2) is 11.5 Å². The zero-order chi connectivity index (χ0) is 16.8. The van der Waals surface area contributed by atoms with Crippen molar-refractivity contribution < 1.29 is 14.2 Å². The van der Waals surface area contributed by atoms with Crippen LogP contribution in [0.4, 0.5) is 0 Å². The molecule has 0 aliphatic rings. The zero-order valence-corrected chi connectivity index (χ0v) is 14.0. The van der Waals surface area contributed by atoms with Gasteiger partial charge in [-0.3, -0.25) is 0 Å². The van der Waals surface area contributed by atoms with Gasteiger partial charge < -0.3 is 14.2 Å². The van der Waals surface area contributed by atoms with Gasteiger partial charge in [0.2, 0.25) is 0 Å². The Balaban J connectivity index is 1.97. The number of nitriles is 1. The van der Waals surface area contributed by atoms with Crippen molar-refractivity contribution in [1.29, 1.82) is 5.26 Å². The van der Waals surface area contributed by atoms with Crippen LogP contribution in [0, 0.1) is 32.1 Å². The van der Waals surface area contributed by atoms with Gasteiger partial charge in [-0.2, -0.15) is 5.26 Å². The van der Waals surface area contributed by atoms with Gasteiger partial charge in [-0.25, -0.2) is 0 Å². The van der Waals surface area contributed by atoms with Crippen molar-refractivity contribution >= 4 is 0 Å². The van der Waals surface area contributed by atoms with E-state index in [9.17, 15) is 0 Å². The van der Waals surface area contributed by atoms with E-state index in [0.29, 0.717) is 30.3 Å². The highest BCUT2D eigenvalue weighted by Gasteiger charge is 2.07. The van der Waals surface area contributed by atoms with E-state index in [2.05, 4.69) is 19.1 Å². The van der Waals surface area contributed by atoms with Gasteiger partial charge in [0, 0.05) is 6.07 Å². The molecule has 2 aromatic carbocycles. The number of hydrogen-bond acceptors (Lipinski definition) is 4. The number of hydrogen-bond donors (Lipinski definition) is 0. The number of benzene rings is 2. The average molecular weight is 311 g/mol. The third-order valence-electron chi connectivity index (χ3n) is 3.66. The second kappa shape index (κ2) is 7.55. The standard InChI is InChI=1S/C19H21NO3/c1-13-9-14(2)15(3)18(10-13)22-7-8-23-19-11-16(12-20)5-6-17(19)21-4/h5-6,9-11H,7-8H2,1-4H3. The SMILES string of the molecule is COc1ccc(C#N)cc1OCCOc1cc(C)cc(C)c1C. The quantitative estimate of drug-likeness (QED) is 0.758. The van der Waals surface area contributed by atoms with Crippen molar-refractivity contribution in [3.05, 3.63) is 52.6 Å². The third kappa shape index (κ3) is 4.17. The summed E-state index contributed by atoms with van der Waals surface area (Å²) in [6.45, 7) is 6.96. The molecule has 23 heavy (non-hydrogen) atoms. The fraction of sp³-hybridized carbons (Fsp3) is 0.316.